The van der Waals surface area contributed by atoms with Gasteiger partial charge in [-0.25, -0.2) is 0 Å². The molecule has 2 N–H and O–H groups in total. The molecule has 0 atom stereocenters. The van der Waals surface area contributed by atoms with Gasteiger partial charge in [-0.3, -0.25) is 10.2 Å². The zero-order valence-electron chi connectivity index (χ0n) is 8.48. The minimum atomic E-state index is -0.303. The Balaban J connectivity index is 2.49. The molecular formula is C9H17N3O. The number of rotatable bonds is 2. The second kappa shape index (κ2) is 3.36. The van der Waals surface area contributed by atoms with Gasteiger partial charge in [0.25, 0.3) is 0 Å². The molecule has 0 unspecified atom stereocenters. The van der Waals surface area contributed by atoms with E-state index in [2.05, 4.69) is 5.32 Å². The summed E-state index contributed by atoms with van der Waals surface area (Å²) in [5.41, 5.74) is -0.303. The fraction of sp³-hybridized carbons (Fsp3) is 0.778. The van der Waals surface area contributed by atoms with Gasteiger partial charge in [-0.2, -0.15) is 0 Å². The number of carbonyl (C=O) groups is 1. The first-order chi connectivity index (χ1) is 5.91. The molecule has 1 aliphatic heterocycles. The molecule has 0 spiro atoms. The molecule has 0 saturated carbocycles. The number of guanidine groups is 1. The minimum Gasteiger partial charge on any atom is -0.355 e. The van der Waals surface area contributed by atoms with Crippen LogP contribution in [-0.2, 0) is 4.79 Å². The van der Waals surface area contributed by atoms with Crippen LogP contribution in [0.15, 0.2) is 0 Å². The maximum atomic E-state index is 11.6. The lowest BCUT2D eigenvalue weighted by Crippen LogP contribution is -2.38. The highest BCUT2D eigenvalue weighted by molar-refractivity contribution is 5.90. The fourth-order valence-corrected chi connectivity index (χ4v) is 1.10. The standard InChI is InChI=1S/C9H17N3O/c1-9(2,3)7(13)6-12-5-4-11-8(12)10/h4-6H2,1-3H3,(H2,10,11). The van der Waals surface area contributed by atoms with E-state index in [4.69, 9.17) is 5.41 Å². The summed E-state index contributed by atoms with van der Waals surface area (Å²) in [6.45, 7) is 7.61. The SMILES string of the molecule is CC(C)(C)C(=O)CN1CCNC1=N. The number of nitrogens with zero attached hydrogens (tertiary/aromatic N) is 1. The summed E-state index contributed by atoms with van der Waals surface area (Å²) in [5, 5.41) is 10.3. The molecular weight excluding hydrogens is 166 g/mol. The van der Waals surface area contributed by atoms with E-state index in [1.165, 1.54) is 0 Å². The molecule has 0 radical (unpaired) electrons. The summed E-state index contributed by atoms with van der Waals surface area (Å²) in [6, 6.07) is 0. The smallest absolute Gasteiger partial charge is 0.191 e. The van der Waals surface area contributed by atoms with Crippen LogP contribution in [0.2, 0.25) is 0 Å². The first-order valence-electron chi connectivity index (χ1n) is 4.52. The summed E-state index contributed by atoms with van der Waals surface area (Å²) in [5.74, 6) is 0.554. The van der Waals surface area contributed by atoms with Gasteiger partial charge in [0.15, 0.2) is 11.7 Å². The Morgan fingerprint density at radius 2 is 2.23 bits per heavy atom. The van der Waals surface area contributed by atoms with Crippen LogP contribution in [-0.4, -0.2) is 36.3 Å². The molecule has 0 aliphatic carbocycles. The van der Waals surface area contributed by atoms with Crippen LogP contribution >= 0.6 is 0 Å². The highest BCUT2D eigenvalue weighted by Crippen LogP contribution is 2.15. The van der Waals surface area contributed by atoms with Gasteiger partial charge >= 0.3 is 0 Å². The molecule has 74 valence electrons. The van der Waals surface area contributed by atoms with E-state index in [-0.39, 0.29) is 11.2 Å². The molecule has 1 saturated heterocycles. The zero-order valence-corrected chi connectivity index (χ0v) is 8.48. The lowest BCUT2D eigenvalue weighted by molar-refractivity contribution is -0.126. The van der Waals surface area contributed by atoms with Crippen LogP contribution in [0.1, 0.15) is 20.8 Å². The largest absolute Gasteiger partial charge is 0.355 e. The Kier molecular flexibility index (Phi) is 2.59. The van der Waals surface area contributed by atoms with Gasteiger partial charge < -0.3 is 10.2 Å². The molecule has 0 bridgehead atoms. The Labute approximate surface area is 78.8 Å². The number of hydrogen-bond donors (Lipinski definition) is 2. The third-order valence-electron chi connectivity index (χ3n) is 2.16. The zero-order chi connectivity index (χ0) is 10.1. The first kappa shape index (κ1) is 10.0. The monoisotopic (exact) mass is 183 g/mol. The Bertz CT molecular complexity index is 230. The molecule has 4 heteroatoms. The van der Waals surface area contributed by atoms with E-state index in [1.807, 2.05) is 20.8 Å². The number of Topliss-reactive ketones (excluding diaryl/α,β-unsaturated/α-hetero) is 1. The lowest BCUT2D eigenvalue weighted by Gasteiger charge is -2.22. The summed E-state index contributed by atoms with van der Waals surface area (Å²) in [4.78, 5) is 13.4. The minimum absolute atomic E-state index is 0.181. The van der Waals surface area contributed by atoms with Crippen LogP contribution in [0.3, 0.4) is 0 Å². The average Bonchev–Trinajstić information content (AvgIpc) is 2.34. The van der Waals surface area contributed by atoms with Crippen molar-refractivity contribution in [1.82, 2.24) is 10.2 Å². The quantitative estimate of drug-likeness (QED) is 0.653. The second-order valence-corrected chi connectivity index (χ2v) is 4.37. The fourth-order valence-electron chi connectivity index (χ4n) is 1.10. The number of carbonyl (C=O) groups excluding carboxylic acids is 1. The second-order valence-electron chi connectivity index (χ2n) is 4.37. The van der Waals surface area contributed by atoms with E-state index < -0.39 is 0 Å². The first-order valence-corrected chi connectivity index (χ1v) is 4.52. The number of ketones is 1. The van der Waals surface area contributed by atoms with E-state index in [1.54, 1.807) is 4.90 Å². The Morgan fingerprint density at radius 1 is 1.62 bits per heavy atom. The van der Waals surface area contributed by atoms with Crippen molar-refractivity contribution in [3.05, 3.63) is 0 Å². The topological polar surface area (TPSA) is 56.2 Å². The lowest BCUT2D eigenvalue weighted by atomic mass is 9.90. The van der Waals surface area contributed by atoms with Gasteiger partial charge in [-0.1, -0.05) is 20.8 Å². The molecule has 13 heavy (non-hydrogen) atoms. The van der Waals surface area contributed by atoms with Gasteiger partial charge in [0, 0.05) is 18.5 Å². The highest BCUT2D eigenvalue weighted by Gasteiger charge is 2.26. The van der Waals surface area contributed by atoms with Crippen molar-refractivity contribution in [2.24, 2.45) is 5.41 Å². The van der Waals surface area contributed by atoms with Crippen molar-refractivity contribution >= 4 is 11.7 Å². The summed E-state index contributed by atoms with van der Waals surface area (Å²) >= 11 is 0. The van der Waals surface area contributed by atoms with E-state index in [0.29, 0.717) is 12.5 Å². The van der Waals surface area contributed by atoms with Crippen molar-refractivity contribution < 1.29 is 4.79 Å². The molecule has 0 amide bonds. The van der Waals surface area contributed by atoms with Crippen molar-refractivity contribution in [2.45, 2.75) is 20.8 Å². The van der Waals surface area contributed by atoms with E-state index >= 15 is 0 Å². The van der Waals surface area contributed by atoms with Gasteiger partial charge in [0.1, 0.15) is 0 Å². The van der Waals surface area contributed by atoms with Crippen LogP contribution < -0.4 is 5.32 Å². The summed E-state index contributed by atoms with van der Waals surface area (Å²) in [7, 11) is 0. The normalized spacial score (nSPS) is 17.5. The Hall–Kier alpha value is -1.06. The third kappa shape index (κ3) is 2.44. The van der Waals surface area contributed by atoms with Crippen LogP contribution in [0.4, 0.5) is 0 Å². The van der Waals surface area contributed by atoms with Crippen molar-refractivity contribution in [1.29, 1.82) is 5.41 Å². The molecule has 0 aromatic heterocycles. The summed E-state index contributed by atoms with van der Waals surface area (Å²) < 4.78 is 0. The molecule has 1 aliphatic rings. The highest BCUT2D eigenvalue weighted by atomic mass is 16.1. The molecule has 1 fully saturated rings. The predicted molar refractivity (Wildman–Crippen MR) is 51.8 cm³/mol. The third-order valence-corrected chi connectivity index (χ3v) is 2.16. The van der Waals surface area contributed by atoms with Crippen molar-refractivity contribution in [3.63, 3.8) is 0 Å². The molecule has 1 heterocycles. The van der Waals surface area contributed by atoms with Gasteiger partial charge in [0.2, 0.25) is 0 Å². The van der Waals surface area contributed by atoms with E-state index in [9.17, 15) is 4.79 Å². The number of nitrogens with one attached hydrogen (secondary N) is 2. The molecule has 0 aromatic carbocycles. The average molecular weight is 183 g/mol. The maximum absolute atomic E-state index is 11.6. The van der Waals surface area contributed by atoms with Crippen LogP contribution in [0.5, 0.6) is 0 Å². The van der Waals surface area contributed by atoms with Crippen LogP contribution in [0, 0.1) is 10.8 Å². The molecule has 1 rings (SSSR count). The van der Waals surface area contributed by atoms with Crippen LogP contribution in [0.25, 0.3) is 0 Å². The van der Waals surface area contributed by atoms with Gasteiger partial charge in [-0.15, -0.1) is 0 Å². The predicted octanol–water partition coefficient (Wildman–Crippen LogP) is 0.442. The number of hydrogen-bond acceptors (Lipinski definition) is 2. The Morgan fingerprint density at radius 3 is 2.62 bits per heavy atom. The van der Waals surface area contributed by atoms with Gasteiger partial charge in [-0.05, 0) is 0 Å². The summed E-state index contributed by atoms with van der Waals surface area (Å²) in [6.07, 6.45) is 0. The maximum Gasteiger partial charge on any atom is 0.191 e. The van der Waals surface area contributed by atoms with Crippen molar-refractivity contribution in [3.8, 4) is 0 Å². The van der Waals surface area contributed by atoms with E-state index in [0.717, 1.165) is 13.1 Å². The molecule has 4 nitrogen and oxygen atoms in total. The molecule has 0 aromatic rings. The van der Waals surface area contributed by atoms with Gasteiger partial charge in [0.05, 0.1) is 6.54 Å². The van der Waals surface area contributed by atoms with Crippen molar-refractivity contribution in [2.75, 3.05) is 19.6 Å².